The molecule has 0 aliphatic rings. The normalized spacial score (nSPS) is 11.7. The molecule has 182 valence electrons. The zero-order valence-electron chi connectivity index (χ0n) is 19.3. The van der Waals surface area contributed by atoms with Gasteiger partial charge in [-0.15, -0.1) is 0 Å². The van der Waals surface area contributed by atoms with E-state index in [1.54, 1.807) is 10.7 Å². The second-order valence-corrected chi connectivity index (χ2v) is 10.9. The Kier molecular flexibility index (Phi) is 7.12. The van der Waals surface area contributed by atoms with Crippen LogP contribution in [0, 0.1) is 6.92 Å². The number of halogens is 2. The molecule has 6 nitrogen and oxygen atoms in total. The molecule has 0 atom stereocenters. The van der Waals surface area contributed by atoms with Crippen molar-refractivity contribution in [1.29, 1.82) is 0 Å². The molecule has 0 spiro atoms. The number of nitrogens with one attached hydrogen (secondary N) is 1. The van der Waals surface area contributed by atoms with Crippen molar-refractivity contribution in [3.63, 3.8) is 0 Å². The molecule has 2 aromatic carbocycles. The van der Waals surface area contributed by atoms with Crippen LogP contribution in [0.25, 0.3) is 5.52 Å². The molecule has 35 heavy (non-hydrogen) atoms. The summed E-state index contributed by atoms with van der Waals surface area (Å²) in [5.41, 5.74) is 6.02. The second-order valence-electron chi connectivity index (χ2n) is 8.42. The molecule has 4 rings (SSSR count). The number of aliphatic hydroxyl groups is 1. The quantitative estimate of drug-likeness (QED) is 0.254. The summed E-state index contributed by atoms with van der Waals surface area (Å²) >= 11 is 12.1. The monoisotopic (exact) mass is 529 g/mol. The zero-order valence-corrected chi connectivity index (χ0v) is 21.7. The Hall–Kier alpha value is -3.00. The van der Waals surface area contributed by atoms with Gasteiger partial charge in [-0.1, -0.05) is 54.9 Å². The Bertz CT molecular complexity index is 1550. The van der Waals surface area contributed by atoms with E-state index in [0.29, 0.717) is 23.6 Å². The maximum Gasteiger partial charge on any atom is 0.263 e. The molecule has 4 aromatic rings. The predicted molar refractivity (Wildman–Crippen MR) is 141 cm³/mol. The summed E-state index contributed by atoms with van der Waals surface area (Å²) in [6, 6.07) is 14.2. The van der Waals surface area contributed by atoms with Crippen molar-refractivity contribution in [3.05, 3.63) is 105 Å². The van der Waals surface area contributed by atoms with Crippen LogP contribution in [0.3, 0.4) is 0 Å². The van der Waals surface area contributed by atoms with Gasteiger partial charge in [-0.25, -0.2) is 12.9 Å². The number of sulfonamides is 1. The van der Waals surface area contributed by atoms with E-state index < -0.39 is 10.0 Å². The van der Waals surface area contributed by atoms with E-state index in [9.17, 15) is 13.5 Å². The Morgan fingerprint density at radius 3 is 2.54 bits per heavy atom. The highest BCUT2D eigenvalue weighted by molar-refractivity contribution is 7.92. The number of aromatic nitrogens is 2. The first kappa shape index (κ1) is 25.1. The molecule has 0 radical (unpaired) electrons. The summed E-state index contributed by atoms with van der Waals surface area (Å²) in [5, 5.41) is 14.4. The topological polar surface area (TPSA) is 83.7 Å². The van der Waals surface area contributed by atoms with Crippen LogP contribution < -0.4 is 4.72 Å². The Labute approximate surface area is 214 Å². The minimum absolute atomic E-state index is 0.0388. The molecule has 2 heterocycles. The molecule has 0 unspecified atom stereocenters. The van der Waals surface area contributed by atoms with Crippen LogP contribution in [0.5, 0.6) is 0 Å². The average molecular weight is 530 g/mol. The molecule has 0 aliphatic carbocycles. The Morgan fingerprint density at radius 1 is 1.09 bits per heavy atom. The highest BCUT2D eigenvalue weighted by Crippen LogP contribution is 2.30. The van der Waals surface area contributed by atoms with Crippen molar-refractivity contribution in [1.82, 2.24) is 9.61 Å². The van der Waals surface area contributed by atoms with Gasteiger partial charge in [-0.05, 0) is 72.4 Å². The van der Waals surface area contributed by atoms with Crippen molar-refractivity contribution in [2.45, 2.75) is 38.0 Å². The summed E-state index contributed by atoms with van der Waals surface area (Å²) in [6.07, 6.45) is 3.35. The van der Waals surface area contributed by atoms with Gasteiger partial charge in [0, 0.05) is 11.4 Å². The molecule has 2 N–H and O–H groups in total. The summed E-state index contributed by atoms with van der Waals surface area (Å²) in [7, 11) is -3.99. The van der Waals surface area contributed by atoms with Crippen LogP contribution in [0.1, 0.15) is 34.9 Å². The molecule has 0 aliphatic heterocycles. The lowest BCUT2D eigenvalue weighted by molar-refractivity contribution is 0.401. The number of aliphatic hydroxyl groups excluding tert-OH is 1. The van der Waals surface area contributed by atoms with Gasteiger partial charge in [0.2, 0.25) is 0 Å². The number of hydrogen-bond acceptors (Lipinski definition) is 4. The van der Waals surface area contributed by atoms with E-state index in [4.69, 9.17) is 23.2 Å². The minimum Gasteiger partial charge on any atom is -0.513 e. The van der Waals surface area contributed by atoms with Crippen molar-refractivity contribution in [2.75, 3.05) is 4.72 Å². The van der Waals surface area contributed by atoms with Gasteiger partial charge in [0.1, 0.15) is 4.90 Å². The lowest BCUT2D eigenvalue weighted by Gasteiger charge is -2.16. The number of aryl methyl sites for hydroxylation is 2. The number of benzene rings is 2. The number of fused-ring (bicyclic) bond motifs is 1. The first-order valence-electron chi connectivity index (χ1n) is 11.0. The van der Waals surface area contributed by atoms with Crippen LogP contribution in [-0.2, 0) is 29.3 Å². The summed E-state index contributed by atoms with van der Waals surface area (Å²) in [6.45, 7) is 7.52. The molecule has 0 saturated carbocycles. The van der Waals surface area contributed by atoms with Crippen LogP contribution >= 0.6 is 23.2 Å². The van der Waals surface area contributed by atoms with E-state index in [2.05, 4.69) is 29.4 Å². The molecular weight excluding hydrogens is 505 g/mol. The highest BCUT2D eigenvalue weighted by atomic mass is 35.5. The fourth-order valence-electron chi connectivity index (χ4n) is 4.07. The number of nitrogens with zero attached hydrogens (tertiary/aromatic N) is 2. The second kappa shape index (κ2) is 9.93. The summed E-state index contributed by atoms with van der Waals surface area (Å²) in [5.74, 6) is 0.110. The third kappa shape index (κ3) is 5.64. The fraction of sp³-hybridized carbons (Fsp3) is 0.192. The highest BCUT2D eigenvalue weighted by Gasteiger charge is 2.21. The molecule has 0 fully saturated rings. The van der Waals surface area contributed by atoms with Crippen molar-refractivity contribution >= 4 is 44.4 Å². The fourth-order valence-corrected chi connectivity index (χ4v) is 5.93. The van der Waals surface area contributed by atoms with Crippen molar-refractivity contribution in [2.24, 2.45) is 0 Å². The maximum atomic E-state index is 13.2. The molecule has 0 bridgehead atoms. The Balaban J connectivity index is 1.77. The van der Waals surface area contributed by atoms with Gasteiger partial charge in [-0.2, -0.15) is 5.10 Å². The SMILES string of the molecule is C=C(O)Cc1ccc(Cc2cc3cc(C)nn3cc2NS(=O)(=O)c2ccc(Cl)cc2Cl)c(CC)c1. The van der Waals surface area contributed by atoms with Gasteiger partial charge in [0.25, 0.3) is 10.0 Å². The molecular formula is C26H25Cl2N3O3S. The average Bonchev–Trinajstić information content (AvgIpc) is 3.12. The lowest BCUT2D eigenvalue weighted by Crippen LogP contribution is -2.16. The van der Waals surface area contributed by atoms with Crippen LogP contribution in [0.2, 0.25) is 10.0 Å². The Morgan fingerprint density at radius 2 is 1.86 bits per heavy atom. The van der Waals surface area contributed by atoms with E-state index in [-0.39, 0.29) is 15.7 Å². The first-order chi connectivity index (χ1) is 16.6. The van der Waals surface area contributed by atoms with Gasteiger partial charge < -0.3 is 5.11 Å². The smallest absolute Gasteiger partial charge is 0.263 e. The van der Waals surface area contributed by atoms with Gasteiger partial charge in [0.05, 0.1) is 33.9 Å². The number of allylic oxidation sites excluding steroid dienone is 1. The molecule has 9 heteroatoms. The molecule has 0 amide bonds. The summed E-state index contributed by atoms with van der Waals surface area (Å²) < 4.78 is 30.8. The van der Waals surface area contributed by atoms with Gasteiger partial charge in [0.15, 0.2) is 0 Å². The zero-order chi connectivity index (χ0) is 25.3. The summed E-state index contributed by atoms with van der Waals surface area (Å²) in [4.78, 5) is -0.0610. The van der Waals surface area contributed by atoms with Gasteiger partial charge >= 0.3 is 0 Å². The van der Waals surface area contributed by atoms with Crippen LogP contribution in [0.15, 0.2) is 72.0 Å². The largest absolute Gasteiger partial charge is 0.513 e. The predicted octanol–water partition coefficient (Wildman–Crippen LogP) is 6.52. The van der Waals surface area contributed by atoms with Crippen LogP contribution in [0.4, 0.5) is 5.69 Å². The first-order valence-corrected chi connectivity index (χ1v) is 13.2. The van der Waals surface area contributed by atoms with E-state index >= 15 is 0 Å². The standard InChI is InChI=1S/C26H25Cl2N3O3S/c1-4-19-11-18(10-17(3)32)5-6-20(19)12-21-13-23-9-16(2)29-31(23)15-25(21)30-35(33,34)26-8-7-22(27)14-24(26)28/h5-9,11,13-15,30,32H,3-4,10,12H2,1-2H3. The van der Waals surface area contributed by atoms with Crippen LogP contribution in [-0.4, -0.2) is 23.1 Å². The molecule has 0 saturated heterocycles. The van der Waals surface area contributed by atoms with Crippen molar-refractivity contribution in [3.8, 4) is 0 Å². The maximum absolute atomic E-state index is 13.2. The van der Waals surface area contributed by atoms with E-state index in [0.717, 1.165) is 39.9 Å². The lowest BCUT2D eigenvalue weighted by atomic mass is 9.95. The third-order valence-electron chi connectivity index (χ3n) is 5.67. The number of anilines is 1. The number of rotatable bonds is 8. The number of pyridine rings is 1. The minimum atomic E-state index is -3.99. The van der Waals surface area contributed by atoms with Gasteiger partial charge in [-0.3, -0.25) is 4.72 Å². The van der Waals surface area contributed by atoms with Crippen molar-refractivity contribution < 1.29 is 13.5 Å². The number of hydrogen-bond donors (Lipinski definition) is 2. The third-order valence-corrected chi connectivity index (χ3v) is 7.76. The van der Waals surface area contributed by atoms with E-state index in [1.165, 1.54) is 18.2 Å². The molecule has 2 aromatic heterocycles. The van der Waals surface area contributed by atoms with E-state index in [1.807, 2.05) is 31.2 Å².